The van der Waals surface area contributed by atoms with Crippen molar-refractivity contribution in [1.29, 1.82) is 0 Å². The van der Waals surface area contributed by atoms with Gasteiger partial charge in [0.2, 0.25) is 5.91 Å². The number of hydrazine groups is 1. The number of nitrogens with zero attached hydrogens (tertiary/aromatic N) is 1. The Hall–Kier alpha value is -0.610. The highest BCUT2D eigenvalue weighted by atomic mass is 16.2. The molecular weight excluding hydrogens is 130 g/mol. The topological polar surface area (TPSA) is 58.4 Å². The van der Waals surface area contributed by atoms with Crippen LogP contribution in [0.3, 0.4) is 0 Å². The highest BCUT2D eigenvalue weighted by Crippen LogP contribution is 2.13. The highest BCUT2D eigenvalue weighted by molar-refractivity contribution is 5.78. The van der Waals surface area contributed by atoms with E-state index in [1.165, 1.54) is 0 Å². The standard InChI is InChI=1S/C6H13N3O/c1-9-3-2-5(4-9)6(10)8-7/h5H,2-4,7H2,1H3,(H,8,10). The Kier molecular flexibility index (Phi) is 2.24. The van der Waals surface area contributed by atoms with Crippen molar-refractivity contribution in [2.24, 2.45) is 11.8 Å². The maximum atomic E-state index is 10.9. The molecule has 0 bridgehead atoms. The lowest BCUT2D eigenvalue weighted by Crippen LogP contribution is -2.36. The van der Waals surface area contributed by atoms with Gasteiger partial charge in [0.25, 0.3) is 0 Å². The van der Waals surface area contributed by atoms with Crippen LogP contribution in [0.5, 0.6) is 0 Å². The summed E-state index contributed by atoms with van der Waals surface area (Å²) in [6, 6.07) is 0. The Morgan fingerprint density at radius 3 is 2.90 bits per heavy atom. The normalized spacial score (nSPS) is 26.8. The van der Waals surface area contributed by atoms with Gasteiger partial charge in [-0.3, -0.25) is 10.2 Å². The Bertz CT molecular complexity index is 137. The van der Waals surface area contributed by atoms with Crippen molar-refractivity contribution >= 4 is 5.91 Å². The summed E-state index contributed by atoms with van der Waals surface area (Å²) in [5.74, 6) is 5.05. The lowest BCUT2D eigenvalue weighted by atomic mass is 10.1. The minimum atomic E-state index is -0.0376. The molecule has 58 valence electrons. The second kappa shape index (κ2) is 2.98. The third kappa shape index (κ3) is 1.46. The molecule has 0 aromatic carbocycles. The van der Waals surface area contributed by atoms with Crippen LogP contribution in [0, 0.1) is 5.92 Å². The fraction of sp³-hybridized carbons (Fsp3) is 0.833. The first-order valence-electron chi connectivity index (χ1n) is 3.43. The maximum Gasteiger partial charge on any atom is 0.238 e. The monoisotopic (exact) mass is 143 g/mol. The lowest BCUT2D eigenvalue weighted by Gasteiger charge is -2.07. The zero-order valence-corrected chi connectivity index (χ0v) is 6.13. The van der Waals surface area contributed by atoms with Gasteiger partial charge in [-0.2, -0.15) is 0 Å². The third-order valence-corrected chi connectivity index (χ3v) is 1.90. The van der Waals surface area contributed by atoms with E-state index < -0.39 is 0 Å². The number of rotatable bonds is 1. The largest absolute Gasteiger partial charge is 0.306 e. The summed E-state index contributed by atoms with van der Waals surface area (Å²) in [5.41, 5.74) is 2.16. The average molecular weight is 143 g/mol. The number of nitrogens with one attached hydrogen (secondary N) is 1. The molecule has 1 rings (SSSR count). The first-order valence-corrected chi connectivity index (χ1v) is 3.43. The van der Waals surface area contributed by atoms with Crippen LogP contribution in [-0.2, 0) is 4.79 Å². The SMILES string of the molecule is CN1CCC(C(=O)NN)C1. The predicted molar refractivity (Wildman–Crippen MR) is 37.9 cm³/mol. The summed E-state index contributed by atoms with van der Waals surface area (Å²) in [5, 5.41) is 0. The molecule has 1 atom stereocenters. The fourth-order valence-electron chi connectivity index (χ4n) is 1.27. The molecule has 10 heavy (non-hydrogen) atoms. The number of hydrogen-bond acceptors (Lipinski definition) is 3. The minimum absolute atomic E-state index is 0.0376. The quantitative estimate of drug-likeness (QED) is 0.279. The zero-order valence-electron chi connectivity index (χ0n) is 6.13. The third-order valence-electron chi connectivity index (χ3n) is 1.90. The number of hydrogen-bond donors (Lipinski definition) is 2. The van der Waals surface area contributed by atoms with Gasteiger partial charge in [-0.25, -0.2) is 5.84 Å². The van der Waals surface area contributed by atoms with Crippen molar-refractivity contribution in [3.05, 3.63) is 0 Å². The molecule has 1 aliphatic rings. The van der Waals surface area contributed by atoms with E-state index in [1.54, 1.807) is 0 Å². The molecule has 0 aromatic heterocycles. The van der Waals surface area contributed by atoms with E-state index in [-0.39, 0.29) is 11.8 Å². The number of likely N-dealkylation sites (tertiary alicyclic amines) is 1. The summed E-state index contributed by atoms with van der Waals surface area (Å²) < 4.78 is 0. The van der Waals surface area contributed by atoms with Gasteiger partial charge in [0, 0.05) is 6.54 Å². The molecule has 0 spiro atoms. The Labute approximate surface area is 60.3 Å². The molecule has 1 aliphatic heterocycles. The first-order chi connectivity index (χ1) is 4.74. The van der Waals surface area contributed by atoms with Crippen LogP contribution in [0.15, 0.2) is 0 Å². The summed E-state index contributed by atoms with van der Waals surface area (Å²) in [7, 11) is 2.00. The van der Waals surface area contributed by atoms with Gasteiger partial charge < -0.3 is 4.90 Å². The highest BCUT2D eigenvalue weighted by Gasteiger charge is 2.24. The van der Waals surface area contributed by atoms with Gasteiger partial charge in [-0.1, -0.05) is 0 Å². The molecule has 3 N–H and O–H groups in total. The van der Waals surface area contributed by atoms with Crippen molar-refractivity contribution in [1.82, 2.24) is 10.3 Å². The van der Waals surface area contributed by atoms with Gasteiger partial charge in [0.1, 0.15) is 0 Å². The van der Waals surface area contributed by atoms with Gasteiger partial charge in [-0.05, 0) is 20.0 Å². The van der Waals surface area contributed by atoms with Crippen molar-refractivity contribution in [2.45, 2.75) is 6.42 Å². The molecule has 1 fully saturated rings. The summed E-state index contributed by atoms with van der Waals surface area (Å²) in [4.78, 5) is 13.0. The van der Waals surface area contributed by atoms with Crippen LogP contribution < -0.4 is 11.3 Å². The summed E-state index contributed by atoms with van der Waals surface area (Å²) >= 11 is 0. The second-order valence-electron chi connectivity index (χ2n) is 2.76. The Morgan fingerprint density at radius 2 is 2.50 bits per heavy atom. The van der Waals surface area contributed by atoms with Gasteiger partial charge in [-0.15, -0.1) is 0 Å². The smallest absolute Gasteiger partial charge is 0.238 e. The van der Waals surface area contributed by atoms with Crippen molar-refractivity contribution in [3.8, 4) is 0 Å². The van der Waals surface area contributed by atoms with E-state index in [1.807, 2.05) is 7.05 Å². The zero-order chi connectivity index (χ0) is 7.56. The Balaban J connectivity index is 2.37. The molecule has 4 nitrogen and oxygen atoms in total. The average Bonchev–Trinajstić information content (AvgIpc) is 2.34. The molecule has 4 heteroatoms. The second-order valence-corrected chi connectivity index (χ2v) is 2.76. The summed E-state index contributed by atoms with van der Waals surface area (Å²) in [6.45, 7) is 1.83. The van der Waals surface area contributed by atoms with Crippen LogP contribution in [0.4, 0.5) is 0 Å². The number of carbonyl (C=O) groups excluding carboxylic acids is 1. The molecule has 1 amide bonds. The van der Waals surface area contributed by atoms with Gasteiger partial charge in [0.15, 0.2) is 0 Å². The lowest BCUT2D eigenvalue weighted by molar-refractivity contribution is -0.124. The van der Waals surface area contributed by atoms with E-state index in [4.69, 9.17) is 5.84 Å². The number of carbonyl (C=O) groups is 1. The van der Waals surface area contributed by atoms with E-state index >= 15 is 0 Å². The molecule has 1 heterocycles. The van der Waals surface area contributed by atoms with Crippen molar-refractivity contribution in [2.75, 3.05) is 20.1 Å². The van der Waals surface area contributed by atoms with Gasteiger partial charge in [0.05, 0.1) is 5.92 Å². The molecule has 1 saturated heterocycles. The molecule has 1 unspecified atom stereocenters. The van der Waals surface area contributed by atoms with Gasteiger partial charge >= 0.3 is 0 Å². The van der Waals surface area contributed by atoms with Crippen LogP contribution in [-0.4, -0.2) is 30.9 Å². The van der Waals surface area contributed by atoms with Crippen molar-refractivity contribution < 1.29 is 4.79 Å². The molecular formula is C6H13N3O. The summed E-state index contributed by atoms with van der Waals surface area (Å²) in [6.07, 6.45) is 0.930. The van der Waals surface area contributed by atoms with Crippen LogP contribution in [0.25, 0.3) is 0 Å². The van der Waals surface area contributed by atoms with E-state index in [0.717, 1.165) is 19.5 Å². The van der Waals surface area contributed by atoms with E-state index in [2.05, 4.69) is 10.3 Å². The van der Waals surface area contributed by atoms with E-state index in [9.17, 15) is 4.79 Å². The van der Waals surface area contributed by atoms with Crippen LogP contribution in [0.1, 0.15) is 6.42 Å². The minimum Gasteiger partial charge on any atom is -0.306 e. The fourth-order valence-corrected chi connectivity index (χ4v) is 1.27. The molecule has 0 aromatic rings. The Morgan fingerprint density at radius 1 is 1.80 bits per heavy atom. The van der Waals surface area contributed by atoms with Crippen LogP contribution >= 0.6 is 0 Å². The molecule has 0 saturated carbocycles. The van der Waals surface area contributed by atoms with Crippen molar-refractivity contribution in [3.63, 3.8) is 0 Å². The van der Waals surface area contributed by atoms with E-state index in [0.29, 0.717) is 0 Å². The molecule has 0 aliphatic carbocycles. The predicted octanol–water partition coefficient (Wildman–Crippen LogP) is -1.07. The number of amides is 1. The number of nitrogens with two attached hydrogens (primary N) is 1. The first kappa shape index (κ1) is 7.50. The molecule has 0 radical (unpaired) electrons. The van der Waals surface area contributed by atoms with Crippen LogP contribution in [0.2, 0.25) is 0 Å². The maximum absolute atomic E-state index is 10.9.